The fourth-order valence-corrected chi connectivity index (χ4v) is 1.37. The molecule has 0 aliphatic heterocycles. The normalized spacial score (nSPS) is 12.5. The van der Waals surface area contributed by atoms with Crippen LogP contribution in [0.5, 0.6) is 5.75 Å². The van der Waals surface area contributed by atoms with Gasteiger partial charge in [0.05, 0.1) is 6.10 Å². The van der Waals surface area contributed by atoms with Gasteiger partial charge in [-0.25, -0.2) is 0 Å². The number of ether oxygens (including phenoxy) is 1. The summed E-state index contributed by atoms with van der Waals surface area (Å²) in [5, 5.41) is 0. The van der Waals surface area contributed by atoms with Crippen molar-refractivity contribution >= 4 is 0 Å². The first-order valence-corrected chi connectivity index (χ1v) is 4.96. The van der Waals surface area contributed by atoms with Gasteiger partial charge in [0.25, 0.3) is 0 Å². The van der Waals surface area contributed by atoms with Crippen molar-refractivity contribution in [3.05, 3.63) is 29.8 Å². The van der Waals surface area contributed by atoms with Crippen LogP contribution in [-0.4, -0.2) is 6.10 Å². The third-order valence-electron chi connectivity index (χ3n) is 2.12. The summed E-state index contributed by atoms with van der Waals surface area (Å²) >= 11 is 0. The van der Waals surface area contributed by atoms with Gasteiger partial charge in [0.1, 0.15) is 5.75 Å². The summed E-state index contributed by atoms with van der Waals surface area (Å²) < 4.78 is 5.79. The summed E-state index contributed by atoms with van der Waals surface area (Å²) in [5.74, 6) is 1.02. The summed E-state index contributed by atoms with van der Waals surface area (Å²) in [6, 6.07) is 8.16. The highest BCUT2D eigenvalue weighted by Crippen LogP contribution is 2.18. The first-order valence-electron chi connectivity index (χ1n) is 4.96. The zero-order valence-corrected chi connectivity index (χ0v) is 8.71. The Balaban J connectivity index is 2.58. The summed E-state index contributed by atoms with van der Waals surface area (Å²) in [6.07, 6.45) is 2.62. The van der Waals surface area contributed by atoms with Crippen LogP contribution in [0.3, 0.4) is 0 Å². The average Bonchev–Trinajstić information content (AvgIpc) is 2.09. The molecule has 0 amide bonds. The molecule has 1 atom stereocenters. The second-order valence-corrected chi connectivity index (χ2v) is 3.48. The van der Waals surface area contributed by atoms with Gasteiger partial charge < -0.3 is 4.74 Å². The van der Waals surface area contributed by atoms with Crippen LogP contribution in [0, 0.1) is 6.92 Å². The number of hydrogen-bond donors (Lipinski definition) is 0. The molecule has 1 heteroatoms. The van der Waals surface area contributed by atoms with Crippen LogP contribution in [0.4, 0.5) is 0 Å². The van der Waals surface area contributed by atoms with Crippen LogP contribution in [0.15, 0.2) is 24.3 Å². The van der Waals surface area contributed by atoms with Crippen LogP contribution >= 0.6 is 0 Å². The first-order chi connectivity index (χ1) is 6.24. The second-order valence-electron chi connectivity index (χ2n) is 3.48. The van der Waals surface area contributed by atoms with Crippen molar-refractivity contribution in [1.29, 1.82) is 0 Å². The van der Waals surface area contributed by atoms with Crippen molar-refractivity contribution < 1.29 is 4.74 Å². The Kier molecular flexibility index (Phi) is 3.81. The van der Waals surface area contributed by atoms with Crippen LogP contribution < -0.4 is 4.74 Å². The van der Waals surface area contributed by atoms with E-state index in [4.69, 9.17) is 4.74 Å². The summed E-state index contributed by atoms with van der Waals surface area (Å²) in [4.78, 5) is 0. The van der Waals surface area contributed by atoms with Gasteiger partial charge in [0.15, 0.2) is 0 Å². The molecule has 13 heavy (non-hydrogen) atoms. The Morgan fingerprint density at radius 3 is 2.62 bits per heavy atom. The molecule has 0 heterocycles. The molecule has 0 saturated heterocycles. The monoisotopic (exact) mass is 178 g/mol. The molecular formula is C12H18O. The number of para-hydroxylation sites is 1. The molecule has 1 aromatic rings. The smallest absolute Gasteiger partial charge is 0.122 e. The quantitative estimate of drug-likeness (QED) is 0.685. The maximum absolute atomic E-state index is 5.79. The molecule has 0 spiro atoms. The minimum Gasteiger partial charge on any atom is -0.490 e. The summed E-state index contributed by atoms with van der Waals surface area (Å²) in [5.41, 5.74) is 1.21. The van der Waals surface area contributed by atoms with Gasteiger partial charge in [-0.2, -0.15) is 0 Å². The summed E-state index contributed by atoms with van der Waals surface area (Å²) in [6.45, 7) is 6.38. The van der Waals surface area contributed by atoms with E-state index in [1.165, 1.54) is 12.0 Å². The highest BCUT2D eigenvalue weighted by atomic mass is 16.5. The first kappa shape index (κ1) is 10.1. The molecule has 0 saturated carbocycles. The molecule has 0 N–H and O–H groups in total. The molecule has 0 bridgehead atoms. The molecule has 0 radical (unpaired) electrons. The van der Waals surface area contributed by atoms with Crippen molar-refractivity contribution in [2.24, 2.45) is 0 Å². The van der Waals surface area contributed by atoms with Crippen molar-refractivity contribution in [3.63, 3.8) is 0 Å². The number of benzene rings is 1. The molecule has 72 valence electrons. The SMILES string of the molecule is CCCC(C)Oc1ccccc1C. The Labute approximate surface area is 80.7 Å². The maximum Gasteiger partial charge on any atom is 0.122 e. The second kappa shape index (κ2) is 4.90. The van der Waals surface area contributed by atoms with Gasteiger partial charge in [-0.15, -0.1) is 0 Å². The van der Waals surface area contributed by atoms with E-state index in [-0.39, 0.29) is 0 Å². The Morgan fingerprint density at radius 1 is 1.31 bits per heavy atom. The highest BCUT2D eigenvalue weighted by molar-refractivity contribution is 5.31. The highest BCUT2D eigenvalue weighted by Gasteiger charge is 2.03. The minimum atomic E-state index is 0.325. The lowest BCUT2D eigenvalue weighted by molar-refractivity contribution is 0.208. The van der Waals surface area contributed by atoms with Crippen LogP contribution in [-0.2, 0) is 0 Å². The summed E-state index contributed by atoms with van der Waals surface area (Å²) in [7, 11) is 0. The lowest BCUT2D eigenvalue weighted by Gasteiger charge is -2.15. The van der Waals surface area contributed by atoms with Crippen molar-refractivity contribution in [2.45, 2.75) is 39.7 Å². The molecule has 0 aliphatic carbocycles. The van der Waals surface area contributed by atoms with Crippen LogP contribution in [0.1, 0.15) is 32.3 Å². The lowest BCUT2D eigenvalue weighted by atomic mass is 10.2. The minimum absolute atomic E-state index is 0.325. The van der Waals surface area contributed by atoms with Gasteiger partial charge in [0.2, 0.25) is 0 Å². The van der Waals surface area contributed by atoms with E-state index in [9.17, 15) is 0 Å². The van der Waals surface area contributed by atoms with Gasteiger partial charge in [0, 0.05) is 0 Å². The van der Waals surface area contributed by atoms with Crippen molar-refractivity contribution in [3.8, 4) is 5.75 Å². The molecule has 1 unspecified atom stereocenters. The maximum atomic E-state index is 5.79. The van der Waals surface area contributed by atoms with E-state index in [2.05, 4.69) is 26.8 Å². The molecule has 1 nitrogen and oxygen atoms in total. The molecule has 1 aromatic carbocycles. The van der Waals surface area contributed by atoms with Gasteiger partial charge in [-0.05, 0) is 31.9 Å². The average molecular weight is 178 g/mol. The van der Waals surface area contributed by atoms with E-state index >= 15 is 0 Å². The molecule has 1 rings (SSSR count). The van der Waals surface area contributed by atoms with Gasteiger partial charge in [-0.1, -0.05) is 31.5 Å². The fraction of sp³-hybridized carbons (Fsp3) is 0.500. The van der Waals surface area contributed by atoms with E-state index in [0.717, 1.165) is 12.2 Å². The van der Waals surface area contributed by atoms with E-state index < -0.39 is 0 Å². The lowest BCUT2D eigenvalue weighted by Crippen LogP contribution is -2.11. The third-order valence-corrected chi connectivity index (χ3v) is 2.12. The van der Waals surface area contributed by atoms with Crippen molar-refractivity contribution in [2.75, 3.05) is 0 Å². The van der Waals surface area contributed by atoms with Gasteiger partial charge in [-0.3, -0.25) is 0 Å². The molecule has 0 aromatic heterocycles. The van der Waals surface area contributed by atoms with Crippen LogP contribution in [0.2, 0.25) is 0 Å². The standard InChI is InChI=1S/C12H18O/c1-4-7-11(3)13-12-9-6-5-8-10(12)2/h5-6,8-9,11H,4,7H2,1-3H3. The largest absolute Gasteiger partial charge is 0.490 e. The van der Waals surface area contributed by atoms with E-state index in [0.29, 0.717) is 6.10 Å². The number of aryl methyl sites for hydroxylation is 1. The van der Waals surface area contributed by atoms with E-state index in [1.807, 2.05) is 18.2 Å². The zero-order chi connectivity index (χ0) is 9.68. The van der Waals surface area contributed by atoms with Crippen LogP contribution in [0.25, 0.3) is 0 Å². The topological polar surface area (TPSA) is 9.23 Å². The number of rotatable bonds is 4. The Hall–Kier alpha value is -0.980. The fourth-order valence-electron chi connectivity index (χ4n) is 1.37. The predicted octanol–water partition coefficient (Wildman–Crippen LogP) is 3.56. The zero-order valence-electron chi connectivity index (χ0n) is 8.71. The third kappa shape index (κ3) is 3.10. The number of hydrogen-bond acceptors (Lipinski definition) is 1. The predicted molar refractivity (Wildman–Crippen MR) is 56.2 cm³/mol. The Morgan fingerprint density at radius 2 is 2.00 bits per heavy atom. The Bertz CT molecular complexity index is 255. The molecular weight excluding hydrogens is 160 g/mol. The van der Waals surface area contributed by atoms with Crippen molar-refractivity contribution in [1.82, 2.24) is 0 Å². The van der Waals surface area contributed by atoms with E-state index in [1.54, 1.807) is 0 Å². The van der Waals surface area contributed by atoms with Gasteiger partial charge >= 0.3 is 0 Å². The molecule has 0 fully saturated rings. The molecule has 0 aliphatic rings.